The van der Waals surface area contributed by atoms with Gasteiger partial charge < -0.3 is 4.74 Å². The lowest BCUT2D eigenvalue weighted by Crippen LogP contribution is -2.08. The number of ether oxygens (including phenoxy) is 1. The third kappa shape index (κ3) is 2.88. The van der Waals surface area contributed by atoms with Gasteiger partial charge in [-0.2, -0.15) is 0 Å². The van der Waals surface area contributed by atoms with Crippen molar-refractivity contribution in [3.63, 3.8) is 0 Å². The molecule has 0 amide bonds. The molecule has 0 saturated heterocycles. The molecule has 2 aromatic carbocycles. The van der Waals surface area contributed by atoms with Crippen molar-refractivity contribution >= 4 is 21.9 Å². The molecular formula is C18H17BrO2. The number of benzene rings is 2. The largest absolute Gasteiger partial charge is 0.466 e. The molecule has 0 aromatic heterocycles. The molecule has 0 bridgehead atoms. The molecule has 3 atom stereocenters. The molecule has 0 radical (unpaired) electrons. The summed E-state index contributed by atoms with van der Waals surface area (Å²) in [6.45, 7) is 2.29. The Morgan fingerprint density at radius 1 is 1.00 bits per heavy atom. The van der Waals surface area contributed by atoms with Gasteiger partial charge in [0.05, 0.1) is 12.5 Å². The average molecular weight is 345 g/mol. The fourth-order valence-electron chi connectivity index (χ4n) is 3.03. The Labute approximate surface area is 133 Å². The molecule has 0 spiro atoms. The van der Waals surface area contributed by atoms with Gasteiger partial charge in [0, 0.05) is 16.3 Å². The summed E-state index contributed by atoms with van der Waals surface area (Å²) in [5, 5.41) is 0. The SMILES string of the molecule is CCOC(=O)[C@@H]1[C@H](c2ccccc2)[C@H]1c1ccc(Br)cc1. The third-order valence-electron chi connectivity index (χ3n) is 4.02. The number of esters is 1. The summed E-state index contributed by atoms with van der Waals surface area (Å²) in [7, 11) is 0. The van der Waals surface area contributed by atoms with Gasteiger partial charge >= 0.3 is 5.97 Å². The lowest BCUT2D eigenvalue weighted by molar-refractivity contribution is -0.144. The van der Waals surface area contributed by atoms with Crippen molar-refractivity contribution in [3.8, 4) is 0 Å². The molecule has 3 heteroatoms. The standard InChI is InChI=1S/C18H17BrO2/c1-2-21-18(20)17-15(12-6-4-3-5-7-12)16(17)13-8-10-14(19)11-9-13/h3-11,15-17H,2H2,1H3/t15-,16-,17-/m1/s1. The molecular weight excluding hydrogens is 328 g/mol. The van der Waals surface area contributed by atoms with Crippen molar-refractivity contribution in [1.29, 1.82) is 0 Å². The maximum atomic E-state index is 12.2. The molecule has 0 aliphatic heterocycles. The molecule has 2 aromatic rings. The topological polar surface area (TPSA) is 26.3 Å². The zero-order valence-electron chi connectivity index (χ0n) is 11.8. The van der Waals surface area contributed by atoms with Crippen molar-refractivity contribution in [1.82, 2.24) is 0 Å². The lowest BCUT2D eigenvalue weighted by Gasteiger charge is -2.01. The number of rotatable bonds is 4. The highest BCUT2D eigenvalue weighted by Gasteiger charge is 2.56. The number of halogens is 1. The van der Waals surface area contributed by atoms with Gasteiger partial charge in [-0.25, -0.2) is 0 Å². The molecule has 1 aliphatic rings. The molecule has 1 aliphatic carbocycles. The summed E-state index contributed by atoms with van der Waals surface area (Å²) >= 11 is 3.45. The first-order valence-electron chi connectivity index (χ1n) is 7.19. The zero-order chi connectivity index (χ0) is 14.8. The Bertz CT molecular complexity index is 621. The van der Waals surface area contributed by atoms with Crippen molar-refractivity contribution < 1.29 is 9.53 Å². The number of carbonyl (C=O) groups is 1. The van der Waals surface area contributed by atoms with Crippen LogP contribution >= 0.6 is 15.9 Å². The maximum absolute atomic E-state index is 12.2. The summed E-state index contributed by atoms with van der Waals surface area (Å²) in [6, 6.07) is 18.5. The van der Waals surface area contributed by atoms with E-state index < -0.39 is 0 Å². The summed E-state index contributed by atoms with van der Waals surface area (Å²) in [6.07, 6.45) is 0. The summed E-state index contributed by atoms with van der Waals surface area (Å²) < 4.78 is 6.30. The average Bonchev–Trinajstić information content (AvgIpc) is 3.25. The summed E-state index contributed by atoms with van der Waals surface area (Å²) in [5.41, 5.74) is 2.41. The van der Waals surface area contributed by atoms with E-state index in [4.69, 9.17) is 4.74 Å². The fraction of sp³-hybridized carbons (Fsp3) is 0.278. The van der Waals surface area contributed by atoms with Gasteiger partial charge in [0.2, 0.25) is 0 Å². The monoisotopic (exact) mass is 344 g/mol. The van der Waals surface area contributed by atoms with Crippen LogP contribution in [0.25, 0.3) is 0 Å². The summed E-state index contributed by atoms with van der Waals surface area (Å²) in [4.78, 5) is 12.2. The Balaban J connectivity index is 1.89. The highest BCUT2D eigenvalue weighted by molar-refractivity contribution is 9.10. The van der Waals surface area contributed by atoms with Gasteiger partial charge in [0.15, 0.2) is 0 Å². The van der Waals surface area contributed by atoms with Crippen LogP contribution in [0.5, 0.6) is 0 Å². The van der Waals surface area contributed by atoms with E-state index in [0.717, 1.165) is 4.47 Å². The van der Waals surface area contributed by atoms with Crippen LogP contribution in [-0.2, 0) is 9.53 Å². The molecule has 1 fully saturated rings. The van der Waals surface area contributed by atoms with Crippen LogP contribution in [0, 0.1) is 5.92 Å². The smallest absolute Gasteiger partial charge is 0.310 e. The van der Waals surface area contributed by atoms with Crippen molar-refractivity contribution in [2.75, 3.05) is 6.61 Å². The highest BCUT2D eigenvalue weighted by atomic mass is 79.9. The van der Waals surface area contributed by atoms with Crippen LogP contribution in [0.4, 0.5) is 0 Å². The second kappa shape index (κ2) is 6.02. The first-order chi connectivity index (χ1) is 10.2. The van der Waals surface area contributed by atoms with E-state index >= 15 is 0 Å². The van der Waals surface area contributed by atoms with Crippen LogP contribution in [0.3, 0.4) is 0 Å². The first-order valence-corrected chi connectivity index (χ1v) is 7.98. The van der Waals surface area contributed by atoms with Gasteiger partial charge in [-0.3, -0.25) is 4.79 Å². The molecule has 3 rings (SSSR count). The fourth-order valence-corrected chi connectivity index (χ4v) is 3.30. The van der Waals surface area contributed by atoms with Gasteiger partial charge in [-0.15, -0.1) is 0 Å². The van der Waals surface area contributed by atoms with Crippen LogP contribution in [0.2, 0.25) is 0 Å². The Kier molecular flexibility index (Phi) is 4.11. The minimum absolute atomic E-state index is 0.0616. The maximum Gasteiger partial charge on any atom is 0.310 e. The lowest BCUT2D eigenvalue weighted by atomic mass is 10.0. The predicted molar refractivity (Wildman–Crippen MR) is 86.2 cm³/mol. The third-order valence-corrected chi connectivity index (χ3v) is 4.55. The quantitative estimate of drug-likeness (QED) is 0.762. The normalized spacial score (nSPS) is 23.6. The van der Waals surface area contributed by atoms with E-state index in [-0.39, 0.29) is 23.7 Å². The molecule has 1 saturated carbocycles. The van der Waals surface area contributed by atoms with Crippen LogP contribution < -0.4 is 0 Å². The Morgan fingerprint density at radius 3 is 2.14 bits per heavy atom. The molecule has 0 N–H and O–H groups in total. The van der Waals surface area contributed by atoms with Gasteiger partial charge in [-0.1, -0.05) is 58.4 Å². The number of hydrogen-bond acceptors (Lipinski definition) is 2. The molecule has 0 heterocycles. The Hall–Kier alpha value is -1.61. The molecule has 21 heavy (non-hydrogen) atoms. The van der Waals surface area contributed by atoms with Gasteiger partial charge in [-0.05, 0) is 30.2 Å². The molecule has 108 valence electrons. The van der Waals surface area contributed by atoms with E-state index in [9.17, 15) is 4.79 Å². The van der Waals surface area contributed by atoms with Gasteiger partial charge in [0.1, 0.15) is 0 Å². The highest BCUT2D eigenvalue weighted by Crippen LogP contribution is 2.60. The number of carbonyl (C=O) groups excluding carboxylic acids is 1. The predicted octanol–water partition coefficient (Wildman–Crippen LogP) is 4.51. The van der Waals surface area contributed by atoms with Crippen LogP contribution in [-0.4, -0.2) is 12.6 Å². The Morgan fingerprint density at radius 2 is 1.57 bits per heavy atom. The number of hydrogen-bond donors (Lipinski definition) is 0. The molecule has 0 unspecified atom stereocenters. The van der Waals surface area contributed by atoms with Crippen LogP contribution in [0.1, 0.15) is 29.9 Å². The van der Waals surface area contributed by atoms with E-state index in [0.29, 0.717) is 6.61 Å². The van der Waals surface area contributed by atoms with E-state index in [1.165, 1.54) is 11.1 Å². The van der Waals surface area contributed by atoms with E-state index in [1.807, 2.05) is 37.3 Å². The first kappa shape index (κ1) is 14.3. The van der Waals surface area contributed by atoms with Crippen molar-refractivity contribution in [3.05, 3.63) is 70.2 Å². The minimum Gasteiger partial charge on any atom is -0.466 e. The van der Waals surface area contributed by atoms with E-state index in [1.54, 1.807) is 0 Å². The molecule has 2 nitrogen and oxygen atoms in total. The van der Waals surface area contributed by atoms with Crippen LogP contribution in [0.15, 0.2) is 59.1 Å². The van der Waals surface area contributed by atoms with E-state index in [2.05, 4.69) is 40.2 Å². The van der Waals surface area contributed by atoms with Crippen molar-refractivity contribution in [2.24, 2.45) is 5.92 Å². The summed E-state index contributed by atoms with van der Waals surface area (Å²) in [5.74, 6) is 0.304. The van der Waals surface area contributed by atoms with Crippen molar-refractivity contribution in [2.45, 2.75) is 18.8 Å². The second-order valence-corrected chi connectivity index (χ2v) is 6.21. The zero-order valence-corrected chi connectivity index (χ0v) is 13.4. The van der Waals surface area contributed by atoms with Gasteiger partial charge in [0.25, 0.3) is 0 Å². The minimum atomic E-state index is -0.0840. The second-order valence-electron chi connectivity index (χ2n) is 5.29.